The van der Waals surface area contributed by atoms with E-state index in [4.69, 9.17) is 4.74 Å². The molecule has 85 heavy (non-hydrogen) atoms. The highest BCUT2D eigenvalue weighted by Crippen LogP contribution is 2.19. The van der Waals surface area contributed by atoms with Crippen LogP contribution in [0.5, 0.6) is 0 Å². The Hall–Kier alpha value is -1.92. The zero-order chi connectivity index (χ0) is 61.3. The second-order valence-electron chi connectivity index (χ2n) is 26.7. The van der Waals surface area contributed by atoms with Gasteiger partial charge in [-0.1, -0.05) is 371 Å². The van der Waals surface area contributed by atoms with Gasteiger partial charge >= 0.3 is 5.97 Å². The van der Waals surface area contributed by atoms with E-state index >= 15 is 0 Å². The van der Waals surface area contributed by atoms with Gasteiger partial charge in [0.15, 0.2) is 0 Å². The summed E-state index contributed by atoms with van der Waals surface area (Å²) in [6, 6.07) is -0.628. The van der Waals surface area contributed by atoms with Crippen LogP contribution in [0.1, 0.15) is 431 Å². The quantitative estimate of drug-likeness (QED) is 0.0320. The van der Waals surface area contributed by atoms with Crippen LogP contribution in [0.2, 0.25) is 0 Å². The number of nitrogens with one attached hydrogen (secondary N) is 1. The molecule has 2 unspecified atom stereocenters. The third-order valence-corrected chi connectivity index (χ3v) is 18.1. The van der Waals surface area contributed by atoms with Crippen molar-refractivity contribution in [1.82, 2.24) is 5.32 Å². The Morgan fingerprint density at radius 3 is 0.835 bits per heavy atom. The summed E-state index contributed by atoms with van der Waals surface area (Å²) in [4.78, 5) is 24.7. The molecule has 0 saturated heterocycles. The second-order valence-corrected chi connectivity index (χ2v) is 26.7. The number of esters is 1. The van der Waals surface area contributed by atoms with Gasteiger partial charge in [0, 0.05) is 12.8 Å². The maximum Gasteiger partial charge on any atom is 0.305 e. The minimum Gasteiger partial charge on any atom is -0.466 e. The van der Waals surface area contributed by atoms with Gasteiger partial charge in [0.1, 0.15) is 0 Å². The summed E-state index contributed by atoms with van der Waals surface area (Å²) in [5.41, 5.74) is 0. The molecule has 2 atom stereocenters. The highest BCUT2D eigenvalue weighted by Gasteiger charge is 2.18. The monoisotopic (exact) mass is 1190 g/mol. The van der Waals surface area contributed by atoms with Crippen LogP contribution in [-0.4, -0.2) is 47.4 Å². The molecule has 6 nitrogen and oxygen atoms in total. The molecule has 0 heterocycles. The van der Waals surface area contributed by atoms with Crippen molar-refractivity contribution in [2.45, 2.75) is 443 Å². The molecule has 0 aliphatic heterocycles. The molecule has 0 aromatic rings. The summed E-state index contributed by atoms with van der Waals surface area (Å²) < 4.78 is 5.51. The van der Waals surface area contributed by atoms with Crippen LogP contribution in [0.15, 0.2) is 36.5 Å². The number of aliphatic hydroxyl groups excluding tert-OH is 2. The average molecular weight is 1200 g/mol. The molecule has 0 bridgehead atoms. The van der Waals surface area contributed by atoms with E-state index in [9.17, 15) is 19.8 Å². The number of rotatable bonds is 73. The molecule has 0 aliphatic carbocycles. The van der Waals surface area contributed by atoms with Crippen molar-refractivity contribution in [2.24, 2.45) is 0 Å². The Labute approximate surface area is 532 Å². The number of allylic oxidation sites excluding steroid dienone is 5. The number of carbonyl (C=O) groups is 2. The first-order valence-electron chi connectivity index (χ1n) is 38.8. The minimum atomic E-state index is -0.844. The van der Waals surface area contributed by atoms with Gasteiger partial charge < -0.3 is 20.3 Å². The first-order chi connectivity index (χ1) is 42.0. The fourth-order valence-electron chi connectivity index (χ4n) is 12.2. The Bertz CT molecular complexity index is 1380. The largest absolute Gasteiger partial charge is 0.466 e. The van der Waals surface area contributed by atoms with E-state index in [1.165, 1.54) is 366 Å². The molecule has 0 rings (SSSR count). The second kappa shape index (κ2) is 74.5. The lowest BCUT2D eigenvalue weighted by Gasteiger charge is -2.20. The maximum absolute atomic E-state index is 12.5. The van der Waals surface area contributed by atoms with Crippen LogP contribution in [0.4, 0.5) is 0 Å². The third-order valence-electron chi connectivity index (χ3n) is 18.1. The van der Waals surface area contributed by atoms with E-state index in [1.807, 2.05) is 6.08 Å². The lowest BCUT2D eigenvalue weighted by Crippen LogP contribution is -2.45. The summed E-state index contributed by atoms with van der Waals surface area (Å²) in [5.74, 6) is -0.0456. The van der Waals surface area contributed by atoms with E-state index in [-0.39, 0.29) is 18.5 Å². The highest BCUT2D eigenvalue weighted by molar-refractivity contribution is 5.76. The first kappa shape index (κ1) is 83.1. The Balaban J connectivity index is 3.37. The average Bonchev–Trinajstić information content (AvgIpc) is 3.51. The lowest BCUT2D eigenvalue weighted by molar-refractivity contribution is -0.143. The molecule has 0 fully saturated rings. The van der Waals surface area contributed by atoms with Crippen LogP contribution in [-0.2, 0) is 14.3 Å². The van der Waals surface area contributed by atoms with Gasteiger partial charge in [-0.3, -0.25) is 9.59 Å². The predicted molar refractivity (Wildman–Crippen MR) is 375 cm³/mol. The molecule has 0 aromatic carbocycles. The van der Waals surface area contributed by atoms with Crippen molar-refractivity contribution in [3.8, 4) is 0 Å². The van der Waals surface area contributed by atoms with Crippen molar-refractivity contribution in [3.63, 3.8) is 0 Å². The maximum atomic E-state index is 12.5. The molecule has 0 radical (unpaired) electrons. The lowest BCUT2D eigenvalue weighted by atomic mass is 10.0. The predicted octanol–water partition coefficient (Wildman–Crippen LogP) is 25.4. The fraction of sp³-hybridized carbons (Fsp3) is 0.899. The minimum absolute atomic E-state index is 0.0171. The van der Waals surface area contributed by atoms with Gasteiger partial charge in [0.05, 0.1) is 25.4 Å². The standard InChI is InChI=1S/C79H151NO5/c1-3-5-7-9-11-13-15-17-19-21-35-39-43-47-51-55-59-63-67-71-77(82)76(75-81)80-78(83)72-68-64-60-56-52-48-44-40-37-33-31-29-27-25-23-24-26-28-30-32-34-38-42-46-50-54-58-62-66-70-74-85-79(84)73-69-65-61-57-53-49-45-41-36-22-20-18-16-14-12-10-8-6-4-2/h18,20,24,26,67,71,76-77,81-82H,3-17,19,21-23,25,27-66,68-70,72-75H2,1-2H3,(H,80,83)/b20-18-,26-24-,71-67+. The normalized spacial score (nSPS) is 12.7. The van der Waals surface area contributed by atoms with Gasteiger partial charge in [0.2, 0.25) is 5.91 Å². The SMILES string of the molecule is CCCCCCCC/C=C\CCCCCCCCCCCC(=O)OCCCCCCCCCCCCCC/C=C\CCCCCCCCCCCCCCCCC(=O)NC(CO)C(O)/C=C/CCCCCCCCCCCCCCCCCCC. The summed E-state index contributed by atoms with van der Waals surface area (Å²) >= 11 is 0. The van der Waals surface area contributed by atoms with Crippen LogP contribution < -0.4 is 5.32 Å². The van der Waals surface area contributed by atoms with Gasteiger partial charge in [-0.25, -0.2) is 0 Å². The Kier molecular flexibility index (Phi) is 72.9. The van der Waals surface area contributed by atoms with Gasteiger partial charge in [-0.15, -0.1) is 0 Å². The molecule has 0 saturated carbocycles. The molecular weight excluding hydrogens is 1040 g/mol. The van der Waals surface area contributed by atoms with E-state index in [0.29, 0.717) is 19.4 Å². The van der Waals surface area contributed by atoms with Crippen LogP contribution >= 0.6 is 0 Å². The molecule has 6 heteroatoms. The number of carbonyl (C=O) groups excluding carboxylic acids is 2. The summed E-state index contributed by atoms with van der Waals surface area (Å²) in [5, 5.41) is 23.3. The van der Waals surface area contributed by atoms with E-state index in [2.05, 4.69) is 43.5 Å². The summed E-state index contributed by atoms with van der Waals surface area (Å²) in [7, 11) is 0. The van der Waals surface area contributed by atoms with Crippen LogP contribution in [0, 0.1) is 0 Å². The highest BCUT2D eigenvalue weighted by atomic mass is 16.5. The number of amides is 1. The van der Waals surface area contributed by atoms with E-state index < -0.39 is 12.1 Å². The smallest absolute Gasteiger partial charge is 0.305 e. The number of unbranched alkanes of at least 4 members (excludes halogenated alkanes) is 58. The van der Waals surface area contributed by atoms with Crippen molar-refractivity contribution in [3.05, 3.63) is 36.5 Å². The molecule has 0 aromatic heterocycles. The third kappa shape index (κ3) is 71.0. The summed E-state index contributed by atoms with van der Waals surface area (Å²) in [6.45, 7) is 4.94. The number of ether oxygens (including phenoxy) is 1. The number of hydrogen-bond donors (Lipinski definition) is 3. The molecule has 3 N–H and O–H groups in total. The van der Waals surface area contributed by atoms with E-state index in [0.717, 1.165) is 38.5 Å². The van der Waals surface area contributed by atoms with Crippen molar-refractivity contribution >= 4 is 11.9 Å². The molecule has 0 spiro atoms. The van der Waals surface area contributed by atoms with Crippen molar-refractivity contribution in [1.29, 1.82) is 0 Å². The number of hydrogen-bond acceptors (Lipinski definition) is 5. The first-order valence-corrected chi connectivity index (χ1v) is 38.8. The molecule has 502 valence electrons. The van der Waals surface area contributed by atoms with Crippen LogP contribution in [0.25, 0.3) is 0 Å². The molecular formula is C79H151NO5. The zero-order valence-corrected chi connectivity index (χ0v) is 57.6. The Morgan fingerprint density at radius 2 is 0.553 bits per heavy atom. The topological polar surface area (TPSA) is 95.9 Å². The molecule has 1 amide bonds. The van der Waals surface area contributed by atoms with Gasteiger partial charge in [0.25, 0.3) is 0 Å². The zero-order valence-electron chi connectivity index (χ0n) is 57.6. The fourth-order valence-corrected chi connectivity index (χ4v) is 12.2. The van der Waals surface area contributed by atoms with Gasteiger partial charge in [-0.2, -0.15) is 0 Å². The van der Waals surface area contributed by atoms with Crippen molar-refractivity contribution in [2.75, 3.05) is 13.2 Å². The Morgan fingerprint density at radius 1 is 0.318 bits per heavy atom. The van der Waals surface area contributed by atoms with E-state index in [1.54, 1.807) is 6.08 Å². The van der Waals surface area contributed by atoms with Gasteiger partial charge in [-0.05, 0) is 83.5 Å². The molecule has 0 aliphatic rings. The van der Waals surface area contributed by atoms with Crippen molar-refractivity contribution < 1.29 is 24.5 Å². The summed E-state index contributed by atoms with van der Waals surface area (Å²) in [6.07, 6.45) is 96.8. The van der Waals surface area contributed by atoms with Crippen LogP contribution in [0.3, 0.4) is 0 Å². The number of aliphatic hydroxyl groups is 2.